The maximum Gasteiger partial charge on any atom is 0.338 e. The molecule has 0 bridgehead atoms. The van der Waals surface area contributed by atoms with Crippen molar-refractivity contribution in [1.29, 1.82) is 0 Å². The number of amides is 1. The summed E-state index contributed by atoms with van der Waals surface area (Å²) in [4.78, 5) is 35.6. The van der Waals surface area contributed by atoms with Gasteiger partial charge in [0.05, 0.1) is 51.2 Å². The summed E-state index contributed by atoms with van der Waals surface area (Å²) in [6, 6.07) is 4.94. The van der Waals surface area contributed by atoms with Crippen molar-refractivity contribution >= 4 is 28.8 Å². The number of rotatable bonds is 9. The van der Waals surface area contributed by atoms with E-state index < -0.39 is 17.6 Å². The minimum atomic E-state index is -0.698. The third-order valence-electron chi connectivity index (χ3n) is 6.54. The van der Waals surface area contributed by atoms with Crippen molar-refractivity contribution in [1.82, 2.24) is 15.1 Å². The van der Waals surface area contributed by atoms with Crippen LogP contribution in [0.1, 0.15) is 45.7 Å². The molecule has 1 fully saturated rings. The molecule has 0 saturated carbocycles. The molecule has 3 aliphatic heterocycles. The molecule has 11 heteroatoms. The van der Waals surface area contributed by atoms with Gasteiger partial charge in [0.1, 0.15) is 5.60 Å². The molecular weight excluding hydrogens is 520 g/mol. The number of para-hydroxylation sites is 1. The van der Waals surface area contributed by atoms with Crippen LogP contribution in [-0.4, -0.2) is 86.1 Å². The van der Waals surface area contributed by atoms with Gasteiger partial charge in [0.25, 0.3) is 0 Å². The third-order valence-corrected chi connectivity index (χ3v) is 7.43. The minimum Gasteiger partial charge on any atom is -0.493 e. The lowest BCUT2D eigenvalue weighted by Gasteiger charge is -2.37. The number of nitrogens with zero attached hydrogens (tertiary/aromatic N) is 3. The van der Waals surface area contributed by atoms with Gasteiger partial charge in [0.2, 0.25) is 5.91 Å². The maximum absolute atomic E-state index is 13.6. The first-order valence-corrected chi connectivity index (χ1v) is 14.0. The van der Waals surface area contributed by atoms with E-state index in [-0.39, 0.29) is 12.3 Å². The number of hydrogen-bond donors (Lipinski definition) is 1. The summed E-state index contributed by atoms with van der Waals surface area (Å²) in [5, 5.41) is 5.64. The molecule has 1 atom stereocenters. The lowest BCUT2D eigenvalue weighted by atomic mass is 9.92. The van der Waals surface area contributed by atoms with Crippen LogP contribution >= 0.6 is 11.8 Å². The second-order valence-electron chi connectivity index (χ2n) is 10.5. The topological polar surface area (TPSA) is 102 Å². The first kappa shape index (κ1) is 29.0. The van der Waals surface area contributed by atoms with Gasteiger partial charge in [-0.25, -0.2) is 9.79 Å². The van der Waals surface area contributed by atoms with Crippen LogP contribution in [0.2, 0.25) is 0 Å². The highest BCUT2D eigenvalue weighted by atomic mass is 32.2. The van der Waals surface area contributed by atoms with Gasteiger partial charge in [-0.05, 0) is 39.2 Å². The molecule has 3 aliphatic rings. The van der Waals surface area contributed by atoms with Crippen molar-refractivity contribution in [3.8, 4) is 11.5 Å². The van der Waals surface area contributed by atoms with E-state index in [9.17, 15) is 9.59 Å². The van der Waals surface area contributed by atoms with Gasteiger partial charge in [-0.15, -0.1) is 0 Å². The van der Waals surface area contributed by atoms with E-state index in [0.29, 0.717) is 40.0 Å². The van der Waals surface area contributed by atoms with Gasteiger partial charge in [0.15, 0.2) is 16.7 Å². The van der Waals surface area contributed by atoms with E-state index in [0.717, 1.165) is 38.5 Å². The highest BCUT2D eigenvalue weighted by molar-refractivity contribution is 8.16. The predicted molar refractivity (Wildman–Crippen MR) is 151 cm³/mol. The van der Waals surface area contributed by atoms with Gasteiger partial charge in [-0.2, -0.15) is 0 Å². The Bertz CT molecular complexity index is 1180. The number of amidine groups is 1. The zero-order chi connectivity index (χ0) is 28.2. The zero-order valence-corrected chi connectivity index (χ0v) is 24.4. The fourth-order valence-corrected chi connectivity index (χ4v) is 5.75. The van der Waals surface area contributed by atoms with Crippen molar-refractivity contribution in [3.63, 3.8) is 0 Å². The van der Waals surface area contributed by atoms with Crippen LogP contribution in [0.25, 0.3) is 0 Å². The normalized spacial score (nSPS) is 19.7. The number of esters is 1. The summed E-state index contributed by atoms with van der Waals surface area (Å²) in [5.74, 6) is 0.478. The molecule has 1 saturated heterocycles. The number of aliphatic imine (C=N–C) groups is 1. The Balaban J connectivity index is 1.63. The second kappa shape index (κ2) is 12.4. The van der Waals surface area contributed by atoms with Gasteiger partial charge >= 0.3 is 5.97 Å². The fourth-order valence-electron chi connectivity index (χ4n) is 4.79. The highest BCUT2D eigenvalue weighted by Crippen LogP contribution is 2.48. The molecule has 3 heterocycles. The number of allylic oxidation sites excluding steroid dienone is 1. The fraction of sp³-hybridized carbons (Fsp3) is 0.536. The minimum absolute atomic E-state index is 0.0993. The standard InChI is InChI=1S/C28H38N4O6S/c1-18-23(26(34)38-28(2,3)4)24(20-8-7-9-21(35-5)25(20)36-6)32-19(17-39-27(32)30-18)16-22(33)29-10-11-31-12-14-37-15-13-31/h7-9,17,24H,10-16H2,1-6H3,(H,29,33)/t24-/m1/s1. The molecule has 0 unspecified atom stereocenters. The largest absolute Gasteiger partial charge is 0.493 e. The summed E-state index contributed by atoms with van der Waals surface area (Å²) in [5.41, 5.74) is 1.70. The second-order valence-corrected chi connectivity index (χ2v) is 11.3. The summed E-state index contributed by atoms with van der Waals surface area (Å²) < 4.78 is 22.6. The van der Waals surface area contributed by atoms with Crippen molar-refractivity contribution in [2.24, 2.45) is 4.99 Å². The molecule has 39 heavy (non-hydrogen) atoms. The molecule has 10 nitrogen and oxygen atoms in total. The molecule has 0 radical (unpaired) electrons. The first-order valence-electron chi connectivity index (χ1n) is 13.1. The van der Waals surface area contributed by atoms with E-state index in [2.05, 4.69) is 10.2 Å². The van der Waals surface area contributed by atoms with Crippen LogP contribution in [0.5, 0.6) is 11.5 Å². The quantitative estimate of drug-likeness (QED) is 0.457. The van der Waals surface area contributed by atoms with Crippen LogP contribution in [0.15, 0.2) is 45.6 Å². The number of carbonyl (C=O) groups is 2. The highest BCUT2D eigenvalue weighted by Gasteiger charge is 2.43. The van der Waals surface area contributed by atoms with Gasteiger partial charge < -0.3 is 29.2 Å². The summed E-state index contributed by atoms with van der Waals surface area (Å²) in [6.45, 7) is 11.8. The summed E-state index contributed by atoms with van der Waals surface area (Å²) in [6.07, 6.45) is 0.137. The number of benzene rings is 1. The Hall–Kier alpha value is -3.02. The number of hydrogen-bond acceptors (Lipinski definition) is 10. The van der Waals surface area contributed by atoms with Crippen molar-refractivity contribution in [2.45, 2.75) is 45.8 Å². The number of fused-ring (bicyclic) bond motifs is 1. The Labute approximate surface area is 234 Å². The average Bonchev–Trinajstić information content (AvgIpc) is 3.28. The van der Waals surface area contributed by atoms with Gasteiger partial charge in [0, 0.05) is 37.4 Å². The Morgan fingerprint density at radius 1 is 1.18 bits per heavy atom. The molecule has 0 aromatic heterocycles. The Morgan fingerprint density at radius 2 is 1.92 bits per heavy atom. The van der Waals surface area contributed by atoms with Gasteiger partial charge in [-0.3, -0.25) is 9.69 Å². The third kappa shape index (κ3) is 6.77. The Morgan fingerprint density at radius 3 is 2.59 bits per heavy atom. The van der Waals surface area contributed by atoms with E-state index in [1.54, 1.807) is 27.2 Å². The molecule has 4 rings (SSSR count). The smallest absolute Gasteiger partial charge is 0.338 e. The van der Waals surface area contributed by atoms with Crippen molar-refractivity contribution < 1.29 is 28.5 Å². The molecule has 0 spiro atoms. The lowest BCUT2D eigenvalue weighted by molar-refractivity contribution is -0.150. The van der Waals surface area contributed by atoms with Crippen LogP contribution in [0.4, 0.5) is 0 Å². The van der Waals surface area contributed by atoms with Crippen molar-refractivity contribution in [2.75, 3.05) is 53.6 Å². The van der Waals surface area contributed by atoms with Crippen LogP contribution in [-0.2, 0) is 19.1 Å². The van der Waals surface area contributed by atoms with Gasteiger partial charge in [-0.1, -0.05) is 23.9 Å². The number of methoxy groups -OCH3 is 2. The SMILES string of the molecule is COc1cccc([C@@H]2C(C(=O)OC(C)(C)C)=C(C)N=C3SC=C(CC(=O)NCCN4CCOCC4)N32)c1OC. The molecule has 212 valence electrons. The molecule has 1 aromatic carbocycles. The number of nitrogens with one attached hydrogen (secondary N) is 1. The number of carbonyl (C=O) groups excluding carboxylic acids is 2. The van der Waals surface area contributed by atoms with Crippen LogP contribution < -0.4 is 14.8 Å². The maximum atomic E-state index is 13.6. The Kier molecular flexibility index (Phi) is 9.24. The lowest BCUT2D eigenvalue weighted by Crippen LogP contribution is -2.42. The molecule has 1 aromatic rings. The predicted octanol–water partition coefficient (Wildman–Crippen LogP) is 3.46. The zero-order valence-electron chi connectivity index (χ0n) is 23.5. The molecule has 1 amide bonds. The number of thioether (sulfide) groups is 1. The molecule has 1 N–H and O–H groups in total. The summed E-state index contributed by atoms with van der Waals surface area (Å²) >= 11 is 1.43. The monoisotopic (exact) mass is 558 g/mol. The van der Waals surface area contributed by atoms with E-state index in [1.807, 2.05) is 43.2 Å². The van der Waals surface area contributed by atoms with E-state index in [1.165, 1.54) is 11.8 Å². The number of morpholine rings is 1. The van der Waals surface area contributed by atoms with E-state index >= 15 is 0 Å². The average molecular weight is 559 g/mol. The van der Waals surface area contributed by atoms with E-state index in [4.69, 9.17) is 23.9 Å². The molecule has 0 aliphatic carbocycles. The number of ether oxygens (including phenoxy) is 4. The van der Waals surface area contributed by atoms with Crippen LogP contribution in [0.3, 0.4) is 0 Å². The van der Waals surface area contributed by atoms with Crippen LogP contribution in [0, 0.1) is 0 Å². The first-order chi connectivity index (χ1) is 18.6. The molecular formula is C28H38N4O6S. The van der Waals surface area contributed by atoms with Crippen molar-refractivity contribution in [3.05, 3.63) is 46.1 Å². The summed E-state index contributed by atoms with van der Waals surface area (Å²) in [7, 11) is 3.14.